The summed E-state index contributed by atoms with van der Waals surface area (Å²) < 4.78 is 5.25. The second kappa shape index (κ2) is 13.4. The first-order chi connectivity index (χ1) is 10.5. The molecule has 0 saturated heterocycles. The van der Waals surface area contributed by atoms with E-state index in [0.29, 0.717) is 19.1 Å². The van der Waals surface area contributed by atoms with E-state index in [1.165, 1.54) is 25.7 Å². The number of carbonyl (C=O) groups is 2. The highest BCUT2D eigenvalue weighted by Crippen LogP contribution is 2.16. The third-order valence-corrected chi connectivity index (χ3v) is 3.56. The largest absolute Gasteiger partial charge is 0.466 e. The Hall–Kier alpha value is -1.26. The average Bonchev–Trinajstić information content (AvgIpc) is 2.43. The van der Waals surface area contributed by atoms with Crippen molar-refractivity contribution in [1.82, 2.24) is 5.32 Å². The SMILES string of the molecule is CCCCCCCCOC(=O)C[C@@H](CNC(=O)O)CC(C)C. The third-order valence-electron chi connectivity index (χ3n) is 3.56. The molecule has 22 heavy (non-hydrogen) atoms. The maximum absolute atomic E-state index is 11.8. The van der Waals surface area contributed by atoms with E-state index in [1.807, 2.05) is 0 Å². The van der Waals surface area contributed by atoms with Crippen LogP contribution in [0.4, 0.5) is 4.79 Å². The lowest BCUT2D eigenvalue weighted by Gasteiger charge is -2.18. The number of carboxylic acid groups (broad SMARTS) is 1. The molecule has 0 radical (unpaired) electrons. The lowest BCUT2D eigenvalue weighted by atomic mass is 9.94. The first-order valence-corrected chi connectivity index (χ1v) is 8.58. The summed E-state index contributed by atoms with van der Waals surface area (Å²) in [6, 6.07) is 0. The second-order valence-electron chi connectivity index (χ2n) is 6.37. The molecular formula is C17H33NO4. The third kappa shape index (κ3) is 13.7. The Labute approximate surface area is 134 Å². The minimum atomic E-state index is -1.05. The minimum Gasteiger partial charge on any atom is -0.466 e. The fourth-order valence-corrected chi connectivity index (χ4v) is 2.50. The van der Waals surface area contributed by atoms with E-state index in [4.69, 9.17) is 9.84 Å². The van der Waals surface area contributed by atoms with E-state index >= 15 is 0 Å². The monoisotopic (exact) mass is 315 g/mol. The van der Waals surface area contributed by atoms with Gasteiger partial charge in [-0.3, -0.25) is 4.79 Å². The molecule has 0 aliphatic carbocycles. The molecule has 0 heterocycles. The van der Waals surface area contributed by atoms with Crippen LogP contribution < -0.4 is 5.32 Å². The summed E-state index contributed by atoms with van der Waals surface area (Å²) in [5.74, 6) is 0.214. The number of hydrogen-bond donors (Lipinski definition) is 2. The number of nitrogens with one attached hydrogen (secondary N) is 1. The molecule has 0 bridgehead atoms. The Morgan fingerprint density at radius 2 is 1.73 bits per heavy atom. The minimum absolute atomic E-state index is 0.00755. The quantitative estimate of drug-likeness (QED) is 0.394. The van der Waals surface area contributed by atoms with Crippen LogP contribution in [0.3, 0.4) is 0 Å². The summed E-state index contributed by atoms with van der Waals surface area (Å²) in [6.07, 6.45) is 7.02. The number of carbonyl (C=O) groups excluding carboxylic acids is 1. The molecule has 1 atom stereocenters. The van der Waals surface area contributed by atoms with Gasteiger partial charge in [0.25, 0.3) is 0 Å². The number of amides is 1. The van der Waals surface area contributed by atoms with Gasteiger partial charge in [0, 0.05) is 6.54 Å². The van der Waals surface area contributed by atoms with Crippen molar-refractivity contribution in [2.45, 2.75) is 72.1 Å². The fraction of sp³-hybridized carbons (Fsp3) is 0.882. The van der Waals surface area contributed by atoms with Gasteiger partial charge in [0.05, 0.1) is 13.0 Å². The van der Waals surface area contributed by atoms with E-state index in [2.05, 4.69) is 26.1 Å². The van der Waals surface area contributed by atoms with E-state index in [-0.39, 0.29) is 18.3 Å². The van der Waals surface area contributed by atoms with Crippen molar-refractivity contribution >= 4 is 12.1 Å². The summed E-state index contributed by atoms with van der Waals surface area (Å²) in [7, 11) is 0. The highest BCUT2D eigenvalue weighted by molar-refractivity contribution is 5.70. The molecule has 0 aromatic heterocycles. The molecule has 2 N–H and O–H groups in total. The molecule has 130 valence electrons. The van der Waals surface area contributed by atoms with Gasteiger partial charge in [-0.2, -0.15) is 0 Å². The van der Waals surface area contributed by atoms with Gasteiger partial charge in [-0.15, -0.1) is 0 Å². The van der Waals surface area contributed by atoms with Gasteiger partial charge in [-0.1, -0.05) is 52.9 Å². The Morgan fingerprint density at radius 3 is 2.32 bits per heavy atom. The normalized spacial score (nSPS) is 12.2. The Kier molecular flexibility index (Phi) is 12.6. The molecule has 0 unspecified atom stereocenters. The van der Waals surface area contributed by atoms with Crippen LogP contribution in [0.25, 0.3) is 0 Å². The fourth-order valence-electron chi connectivity index (χ4n) is 2.50. The predicted molar refractivity (Wildman–Crippen MR) is 87.9 cm³/mol. The average molecular weight is 315 g/mol. The van der Waals surface area contributed by atoms with Crippen molar-refractivity contribution < 1.29 is 19.4 Å². The molecule has 5 nitrogen and oxygen atoms in total. The van der Waals surface area contributed by atoms with Crippen LogP contribution in [0, 0.1) is 11.8 Å². The zero-order valence-corrected chi connectivity index (χ0v) is 14.4. The first-order valence-electron chi connectivity index (χ1n) is 8.58. The highest BCUT2D eigenvalue weighted by Gasteiger charge is 2.17. The van der Waals surface area contributed by atoms with E-state index < -0.39 is 6.09 Å². The molecule has 0 aliphatic rings. The van der Waals surface area contributed by atoms with Crippen LogP contribution in [0.1, 0.15) is 72.1 Å². The lowest BCUT2D eigenvalue weighted by Crippen LogP contribution is -2.30. The molecule has 0 rings (SSSR count). The number of hydrogen-bond acceptors (Lipinski definition) is 3. The maximum atomic E-state index is 11.8. The van der Waals surface area contributed by atoms with Crippen molar-refractivity contribution in [1.29, 1.82) is 0 Å². The van der Waals surface area contributed by atoms with Gasteiger partial charge < -0.3 is 15.2 Å². The van der Waals surface area contributed by atoms with Crippen LogP contribution in [0.15, 0.2) is 0 Å². The Bertz CT molecular complexity index is 305. The zero-order valence-electron chi connectivity index (χ0n) is 14.4. The summed E-state index contributed by atoms with van der Waals surface area (Å²) >= 11 is 0. The van der Waals surface area contributed by atoms with Crippen LogP contribution in [0.5, 0.6) is 0 Å². The van der Waals surface area contributed by atoms with Crippen molar-refractivity contribution in [3.63, 3.8) is 0 Å². The molecule has 0 aliphatic heterocycles. The Morgan fingerprint density at radius 1 is 1.09 bits per heavy atom. The molecular weight excluding hydrogens is 282 g/mol. The molecule has 0 fully saturated rings. The van der Waals surface area contributed by atoms with E-state index in [9.17, 15) is 9.59 Å². The molecule has 0 saturated carbocycles. The smallest absolute Gasteiger partial charge is 0.404 e. The molecule has 1 amide bonds. The molecule has 0 aromatic carbocycles. The van der Waals surface area contributed by atoms with Gasteiger partial charge >= 0.3 is 12.1 Å². The van der Waals surface area contributed by atoms with Crippen molar-refractivity contribution in [3.05, 3.63) is 0 Å². The summed E-state index contributed by atoms with van der Waals surface area (Å²) in [4.78, 5) is 22.4. The van der Waals surface area contributed by atoms with Crippen LogP contribution in [-0.4, -0.2) is 30.3 Å². The standard InChI is InChI=1S/C17H33NO4/c1-4-5-6-7-8-9-10-22-16(19)12-15(11-14(2)3)13-18-17(20)21/h14-15,18H,4-13H2,1-3H3,(H,20,21)/t15-/m0/s1. The van der Waals surface area contributed by atoms with Crippen LogP contribution in [-0.2, 0) is 9.53 Å². The highest BCUT2D eigenvalue weighted by atomic mass is 16.5. The summed E-state index contributed by atoms with van der Waals surface area (Å²) in [5.41, 5.74) is 0. The van der Waals surface area contributed by atoms with Crippen LogP contribution in [0.2, 0.25) is 0 Å². The van der Waals surface area contributed by atoms with E-state index in [0.717, 1.165) is 19.3 Å². The summed E-state index contributed by atoms with van der Waals surface area (Å²) in [6.45, 7) is 7.10. The van der Waals surface area contributed by atoms with E-state index in [1.54, 1.807) is 0 Å². The number of esters is 1. The summed E-state index contributed by atoms with van der Waals surface area (Å²) in [5, 5.41) is 11.0. The first kappa shape index (κ1) is 20.7. The van der Waals surface area contributed by atoms with Crippen molar-refractivity contribution in [2.75, 3.05) is 13.2 Å². The second-order valence-corrected chi connectivity index (χ2v) is 6.37. The molecule has 0 spiro atoms. The van der Waals surface area contributed by atoms with Crippen molar-refractivity contribution in [3.8, 4) is 0 Å². The Balaban J connectivity index is 3.84. The molecule has 0 aromatic rings. The predicted octanol–water partition coefficient (Wildman–Crippen LogP) is 4.21. The van der Waals surface area contributed by atoms with Gasteiger partial charge in [0.15, 0.2) is 0 Å². The van der Waals surface area contributed by atoms with Gasteiger partial charge in [-0.05, 0) is 24.7 Å². The number of ether oxygens (including phenoxy) is 1. The van der Waals surface area contributed by atoms with Gasteiger partial charge in [-0.25, -0.2) is 4.79 Å². The topological polar surface area (TPSA) is 75.6 Å². The number of rotatable bonds is 13. The number of unbranched alkanes of at least 4 members (excludes halogenated alkanes) is 5. The molecule has 5 heteroatoms. The lowest BCUT2D eigenvalue weighted by molar-refractivity contribution is -0.145. The van der Waals surface area contributed by atoms with Gasteiger partial charge in [0.2, 0.25) is 0 Å². The van der Waals surface area contributed by atoms with Gasteiger partial charge in [0.1, 0.15) is 0 Å². The maximum Gasteiger partial charge on any atom is 0.404 e. The zero-order chi connectivity index (χ0) is 16.8. The van der Waals surface area contributed by atoms with Crippen LogP contribution >= 0.6 is 0 Å². The van der Waals surface area contributed by atoms with Crippen molar-refractivity contribution in [2.24, 2.45) is 11.8 Å².